The van der Waals surface area contributed by atoms with Crippen LogP contribution in [0.2, 0.25) is 0 Å². The zero-order valence-electron chi connectivity index (χ0n) is 10.7. The average molecular weight is 267 g/mol. The molecule has 9 heteroatoms. The maximum Gasteiger partial charge on any atom is 0.329 e. The Kier molecular flexibility index (Phi) is 2.98. The van der Waals surface area contributed by atoms with E-state index in [1.165, 1.54) is 20.9 Å². The van der Waals surface area contributed by atoms with Crippen molar-refractivity contribution in [3.63, 3.8) is 0 Å². The minimum Gasteiger partial charge on any atom is -0.290 e. The number of amides is 2. The first-order valence-corrected chi connectivity index (χ1v) is 5.50. The lowest BCUT2D eigenvalue weighted by molar-refractivity contribution is -0.119. The molecule has 0 saturated heterocycles. The summed E-state index contributed by atoms with van der Waals surface area (Å²) in [6.07, 6.45) is 0. The van der Waals surface area contributed by atoms with E-state index >= 15 is 0 Å². The highest BCUT2D eigenvalue weighted by atomic mass is 16.2. The van der Waals surface area contributed by atoms with Crippen LogP contribution in [-0.2, 0) is 16.6 Å². The van der Waals surface area contributed by atoms with Crippen LogP contribution >= 0.6 is 0 Å². The fourth-order valence-electron chi connectivity index (χ4n) is 1.84. The molecule has 2 heterocycles. The number of nitrogens with one attached hydrogen (secondary N) is 2. The highest BCUT2D eigenvalue weighted by molar-refractivity contribution is 6.00. The number of carbonyl (C=O) groups is 2. The van der Waals surface area contributed by atoms with Crippen molar-refractivity contribution in [2.45, 2.75) is 13.8 Å². The highest BCUT2D eigenvalue weighted by Gasteiger charge is 2.31. The van der Waals surface area contributed by atoms with E-state index in [9.17, 15) is 19.2 Å². The minimum absolute atomic E-state index is 0.0245. The lowest BCUT2D eigenvalue weighted by Gasteiger charge is -2.34. The van der Waals surface area contributed by atoms with Crippen LogP contribution in [0.4, 0.5) is 11.5 Å². The predicted molar refractivity (Wildman–Crippen MR) is 66.6 cm³/mol. The van der Waals surface area contributed by atoms with Gasteiger partial charge >= 0.3 is 5.69 Å². The number of H-pyrrole nitrogens is 1. The van der Waals surface area contributed by atoms with Crippen LogP contribution in [0.1, 0.15) is 13.8 Å². The topological polar surface area (TPSA) is 108 Å². The van der Waals surface area contributed by atoms with Crippen LogP contribution in [0.15, 0.2) is 9.59 Å². The van der Waals surface area contributed by atoms with E-state index in [1.54, 1.807) is 0 Å². The summed E-state index contributed by atoms with van der Waals surface area (Å²) in [6, 6.07) is 0. The number of hydrazine groups is 1. The quantitative estimate of drug-likeness (QED) is 0.580. The van der Waals surface area contributed by atoms with E-state index in [2.05, 4.69) is 10.4 Å². The zero-order chi connectivity index (χ0) is 14.3. The van der Waals surface area contributed by atoms with E-state index in [0.29, 0.717) is 0 Å². The van der Waals surface area contributed by atoms with Gasteiger partial charge in [-0.2, -0.15) is 0 Å². The van der Waals surface area contributed by atoms with Gasteiger partial charge in [-0.05, 0) is 0 Å². The van der Waals surface area contributed by atoms with E-state index < -0.39 is 17.2 Å². The van der Waals surface area contributed by atoms with Crippen LogP contribution in [0, 0.1) is 0 Å². The number of fused-ring (bicyclic) bond motifs is 1. The van der Waals surface area contributed by atoms with Gasteiger partial charge in [-0.1, -0.05) is 0 Å². The molecule has 0 saturated carbocycles. The number of nitrogens with zero attached hydrogens (tertiary/aromatic N) is 3. The summed E-state index contributed by atoms with van der Waals surface area (Å²) in [6.45, 7) is 2.54. The van der Waals surface area contributed by atoms with Crippen molar-refractivity contribution in [2.75, 3.05) is 16.6 Å². The molecular weight excluding hydrogens is 254 g/mol. The van der Waals surface area contributed by atoms with Gasteiger partial charge in [0.2, 0.25) is 11.8 Å². The zero-order valence-corrected chi connectivity index (χ0v) is 10.7. The van der Waals surface area contributed by atoms with Gasteiger partial charge in [0.1, 0.15) is 0 Å². The molecule has 2 N–H and O–H groups in total. The van der Waals surface area contributed by atoms with Crippen LogP contribution < -0.4 is 26.6 Å². The summed E-state index contributed by atoms with van der Waals surface area (Å²) in [4.78, 5) is 50.3. The van der Waals surface area contributed by atoms with Crippen LogP contribution in [0.5, 0.6) is 0 Å². The second-order valence-electron chi connectivity index (χ2n) is 4.11. The fraction of sp³-hybridized carbons (Fsp3) is 0.400. The standard InChI is InChI=1S/C10H13N5O4/c1-5(16)14-4-11-15(6(2)17)8-7(14)9(18)13(3)10(19)12-8/h11H,4H2,1-3H3,(H,12,19). The van der Waals surface area contributed by atoms with Gasteiger partial charge in [0, 0.05) is 20.9 Å². The van der Waals surface area contributed by atoms with Gasteiger partial charge in [0.25, 0.3) is 5.56 Å². The summed E-state index contributed by atoms with van der Waals surface area (Å²) in [5.74, 6) is -0.809. The Hall–Kier alpha value is -2.42. The highest BCUT2D eigenvalue weighted by Crippen LogP contribution is 2.24. The molecule has 1 aliphatic rings. The molecule has 1 aliphatic heterocycles. The molecule has 0 bridgehead atoms. The van der Waals surface area contributed by atoms with Gasteiger partial charge in [-0.25, -0.2) is 15.2 Å². The molecule has 0 spiro atoms. The van der Waals surface area contributed by atoms with Crippen LogP contribution in [0.25, 0.3) is 0 Å². The Morgan fingerprint density at radius 2 is 1.79 bits per heavy atom. The molecule has 2 rings (SSSR count). The molecule has 0 aliphatic carbocycles. The molecule has 0 atom stereocenters. The predicted octanol–water partition coefficient (Wildman–Crippen LogP) is -1.74. The SMILES string of the molecule is CC(=O)N1CNN(C(C)=O)c2[nH]c(=O)n(C)c(=O)c21. The van der Waals surface area contributed by atoms with Crippen molar-refractivity contribution in [2.24, 2.45) is 7.05 Å². The minimum atomic E-state index is -0.665. The first-order valence-electron chi connectivity index (χ1n) is 5.50. The first-order chi connectivity index (χ1) is 8.84. The third-order valence-electron chi connectivity index (χ3n) is 2.84. The number of anilines is 2. The summed E-state index contributed by atoms with van der Waals surface area (Å²) in [5.41, 5.74) is 1.32. The van der Waals surface area contributed by atoms with Crippen LogP contribution in [-0.4, -0.2) is 28.0 Å². The van der Waals surface area contributed by atoms with Gasteiger partial charge in [-0.15, -0.1) is 0 Å². The van der Waals surface area contributed by atoms with Crippen molar-refractivity contribution in [3.8, 4) is 0 Å². The normalized spacial score (nSPS) is 14.3. The third kappa shape index (κ3) is 1.93. The Morgan fingerprint density at radius 1 is 1.16 bits per heavy atom. The lowest BCUT2D eigenvalue weighted by atomic mass is 10.3. The van der Waals surface area contributed by atoms with E-state index in [4.69, 9.17) is 0 Å². The van der Waals surface area contributed by atoms with Crippen molar-refractivity contribution in [1.29, 1.82) is 0 Å². The number of aromatic nitrogens is 2. The fourth-order valence-corrected chi connectivity index (χ4v) is 1.84. The Labute approximate surface area is 107 Å². The molecule has 0 radical (unpaired) electrons. The maximum absolute atomic E-state index is 12.1. The molecule has 2 amide bonds. The molecular formula is C10H13N5O4. The van der Waals surface area contributed by atoms with Crippen LogP contribution in [0.3, 0.4) is 0 Å². The van der Waals surface area contributed by atoms with Crippen molar-refractivity contribution >= 4 is 23.3 Å². The summed E-state index contributed by atoms with van der Waals surface area (Å²) < 4.78 is 0.846. The second-order valence-corrected chi connectivity index (χ2v) is 4.11. The van der Waals surface area contributed by atoms with Crippen molar-refractivity contribution in [1.82, 2.24) is 15.0 Å². The molecule has 0 unspecified atom stereocenters. The molecule has 0 aromatic carbocycles. The second kappa shape index (κ2) is 4.35. The number of hydrogen-bond acceptors (Lipinski definition) is 5. The molecule has 19 heavy (non-hydrogen) atoms. The van der Waals surface area contributed by atoms with Gasteiger partial charge in [0.05, 0.1) is 6.67 Å². The Balaban J connectivity index is 2.79. The molecule has 1 aromatic rings. The number of rotatable bonds is 0. The first kappa shape index (κ1) is 13.0. The molecule has 102 valence electrons. The van der Waals surface area contributed by atoms with Crippen molar-refractivity contribution in [3.05, 3.63) is 20.8 Å². The largest absolute Gasteiger partial charge is 0.329 e. The van der Waals surface area contributed by atoms with Gasteiger partial charge in [0.15, 0.2) is 11.5 Å². The average Bonchev–Trinajstić information content (AvgIpc) is 2.34. The lowest BCUT2D eigenvalue weighted by Crippen LogP contribution is -2.57. The summed E-state index contributed by atoms with van der Waals surface area (Å²) >= 11 is 0. The third-order valence-corrected chi connectivity index (χ3v) is 2.84. The molecule has 0 fully saturated rings. The summed E-state index contributed by atoms with van der Waals surface area (Å²) in [7, 11) is 1.29. The molecule has 9 nitrogen and oxygen atoms in total. The van der Waals surface area contributed by atoms with Gasteiger partial charge < -0.3 is 0 Å². The smallest absolute Gasteiger partial charge is 0.290 e. The number of aromatic amines is 1. The van der Waals surface area contributed by atoms with Crippen molar-refractivity contribution < 1.29 is 9.59 Å². The molecule has 1 aromatic heterocycles. The van der Waals surface area contributed by atoms with E-state index in [-0.39, 0.29) is 24.1 Å². The number of hydrogen-bond donors (Lipinski definition) is 2. The van der Waals surface area contributed by atoms with Gasteiger partial charge in [-0.3, -0.25) is 28.8 Å². The Morgan fingerprint density at radius 3 is 2.32 bits per heavy atom. The summed E-state index contributed by atoms with van der Waals surface area (Å²) in [5, 5.41) is 1.04. The monoisotopic (exact) mass is 267 g/mol. The maximum atomic E-state index is 12.1. The Bertz CT molecular complexity index is 673. The number of carbonyl (C=O) groups excluding carboxylic acids is 2. The van der Waals surface area contributed by atoms with E-state index in [1.807, 2.05) is 0 Å². The van der Waals surface area contributed by atoms with E-state index in [0.717, 1.165) is 14.5 Å².